The fourth-order valence-corrected chi connectivity index (χ4v) is 5.74. The van der Waals surface area contributed by atoms with Gasteiger partial charge in [-0.3, -0.25) is 13.7 Å². The van der Waals surface area contributed by atoms with Gasteiger partial charge in [0.05, 0.1) is 5.41 Å². The third-order valence-electron chi connectivity index (χ3n) is 7.84. The first kappa shape index (κ1) is 27.2. The van der Waals surface area contributed by atoms with Crippen molar-refractivity contribution in [2.45, 2.75) is 92.2 Å². The molecular formula is C28H42N4O2S. The number of anilines is 1. The van der Waals surface area contributed by atoms with Gasteiger partial charge in [0.25, 0.3) is 5.91 Å². The summed E-state index contributed by atoms with van der Waals surface area (Å²) in [6, 6.07) is 9.30. The molecule has 0 radical (unpaired) electrons. The first-order valence-electron chi connectivity index (χ1n) is 12.7. The third kappa shape index (κ3) is 5.55. The average molecular weight is 499 g/mol. The van der Waals surface area contributed by atoms with Gasteiger partial charge >= 0.3 is 6.03 Å². The molecule has 0 aliphatic heterocycles. The van der Waals surface area contributed by atoms with Gasteiger partial charge in [-0.25, -0.2) is 9.79 Å². The molecule has 2 atom stereocenters. The van der Waals surface area contributed by atoms with Gasteiger partial charge in [0.1, 0.15) is 4.67 Å². The number of hydrogen-bond acceptors (Lipinski definition) is 3. The van der Waals surface area contributed by atoms with E-state index in [0.717, 1.165) is 41.6 Å². The number of para-hydroxylation sites is 1. The lowest BCUT2D eigenvalue weighted by Crippen LogP contribution is -2.52. The Balaban J connectivity index is 1.85. The molecule has 2 unspecified atom stereocenters. The number of carbonyl (C=O) groups is 2. The average Bonchev–Trinajstić information content (AvgIpc) is 3.31. The monoisotopic (exact) mass is 498 g/mol. The van der Waals surface area contributed by atoms with E-state index in [-0.39, 0.29) is 23.5 Å². The predicted octanol–water partition coefficient (Wildman–Crippen LogP) is 6.12. The van der Waals surface area contributed by atoms with Gasteiger partial charge in [-0.05, 0) is 75.5 Å². The number of hydrogen-bond donors (Lipinski definition) is 1. The number of unbranched alkanes of at least 4 members (excludes halogenated alkanes) is 1. The van der Waals surface area contributed by atoms with Crippen LogP contribution in [0.2, 0.25) is 0 Å². The summed E-state index contributed by atoms with van der Waals surface area (Å²) >= 11 is 1.57. The highest BCUT2D eigenvalue weighted by atomic mass is 32.1. The van der Waals surface area contributed by atoms with E-state index >= 15 is 0 Å². The second kappa shape index (κ2) is 10.3. The Morgan fingerprint density at radius 1 is 1.20 bits per heavy atom. The molecule has 3 amide bonds. The maximum Gasteiger partial charge on any atom is 0.321 e. The normalized spacial score (nSPS) is 22.3. The molecule has 7 heteroatoms. The van der Waals surface area contributed by atoms with E-state index in [1.54, 1.807) is 23.5 Å². The Hall–Kier alpha value is -2.41. The van der Waals surface area contributed by atoms with Gasteiger partial charge in [0.15, 0.2) is 0 Å². The Bertz CT molecular complexity index is 1110. The highest BCUT2D eigenvalue weighted by molar-refractivity contribution is 7.04. The second-order valence-corrected chi connectivity index (χ2v) is 12.5. The van der Waals surface area contributed by atoms with Crippen LogP contribution < -0.4 is 14.9 Å². The van der Waals surface area contributed by atoms with Crippen molar-refractivity contribution in [3.63, 3.8) is 0 Å². The van der Waals surface area contributed by atoms with Gasteiger partial charge in [-0.15, -0.1) is 0 Å². The van der Waals surface area contributed by atoms with E-state index in [1.807, 2.05) is 37.3 Å². The Labute approximate surface area is 214 Å². The van der Waals surface area contributed by atoms with Gasteiger partial charge < -0.3 is 5.32 Å². The van der Waals surface area contributed by atoms with Crippen LogP contribution in [0.1, 0.15) is 79.7 Å². The molecule has 1 aromatic heterocycles. The molecule has 2 aromatic rings. The number of carbonyl (C=O) groups excluding carboxylic acids is 2. The van der Waals surface area contributed by atoms with Gasteiger partial charge in [0.2, 0.25) is 0 Å². The molecule has 3 rings (SSSR count). The van der Waals surface area contributed by atoms with Crippen LogP contribution in [0.5, 0.6) is 0 Å². The zero-order chi connectivity index (χ0) is 26.0. The molecule has 6 nitrogen and oxygen atoms in total. The van der Waals surface area contributed by atoms with Crippen LogP contribution >= 0.6 is 11.5 Å². The summed E-state index contributed by atoms with van der Waals surface area (Å²) in [7, 11) is 1.77. The van der Waals surface area contributed by atoms with Crippen molar-refractivity contribution in [3.05, 3.63) is 46.8 Å². The molecule has 1 fully saturated rings. The molecular weight excluding hydrogens is 456 g/mol. The van der Waals surface area contributed by atoms with E-state index < -0.39 is 10.8 Å². The van der Waals surface area contributed by atoms with Crippen LogP contribution in [-0.4, -0.2) is 29.0 Å². The number of amides is 3. The number of urea groups is 1. The molecule has 1 N–H and O–H groups in total. The Morgan fingerprint density at radius 2 is 1.86 bits per heavy atom. The van der Waals surface area contributed by atoms with Crippen LogP contribution in [0.3, 0.4) is 0 Å². The lowest BCUT2D eigenvalue weighted by molar-refractivity contribution is -0.131. The van der Waals surface area contributed by atoms with Crippen molar-refractivity contribution < 1.29 is 9.59 Å². The molecule has 1 heterocycles. The molecule has 0 spiro atoms. The lowest BCUT2D eigenvalue weighted by atomic mass is 9.67. The number of benzene rings is 1. The second-order valence-electron chi connectivity index (χ2n) is 11.6. The molecule has 0 saturated heterocycles. The maximum absolute atomic E-state index is 13.7. The summed E-state index contributed by atoms with van der Waals surface area (Å²) in [6.45, 7) is 14.9. The molecule has 1 aliphatic carbocycles. The van der Waals surface area contributed by atoms with Gasteiger partial charge in [0, 0.05) is 36.1 Å². The minimum Gasteiger partial charge on any atom is -0.334 e. The third-order valence-corrected chi connectivity index (χ3v) is 9.22. The molecule has 1 saturated carbocycles. The van der Waals surface area contributed by atoms with Crippen molar-refractivity contribution in [2.24, 2.45) is 15.8 Å². The van der Waals surface area contributed by atoms with Crippen LogP contribution in [0.25, 0.3) is 0 Å². The summed E-state index contributed by atoms with van der Waals surface area (Å²) in [5, 5.41) is 3.20. The van der Waals surface area contributed by atoms with E-state index in [9.17, 15) is 9.59 Å². The fraction of sp³-hybridized carbons (Fsp3) is 0.607. The summed E-state index contributed by atoms with van der Waals surface area (Å²) in [4.78, 5) is 33.1. The molecule has 0 bridgehead atoms. The topological polar surface area (TPSA) is 66.7 Å². The summed E-state index contributed by atoms with van der Waals surface area (Å²) < 4.78 is 3.03. The van der Waals surface area contributed by atoms with E-state index in [4.69, 9.17) is 4.99 Å². The van der Waals surface area contributed by atoms with Crippen LogP contribution in [0.4, 0.5) is 10.5 Å². The molecule has 1 aromatic carbocycles. The minimum atomic E-state index is -0.658. The standard InChI is InChI=1S/C28H42N4O2S/c1-9-10-14-20-19-32(26(2,3)4)35-23(20)30-24(33)28(7)18-17-22(27(28,5)6)29-25(34)31(8)21-15-12-11-13-16-21/h11-13,15-16,19,22H,9-10,14,17-18H2,1-8H3,(H,29,34). The smallest absolute Gasteiger partial charge is 0.321 e. The largest absolute Gasteiger partial charge is 0.334 e. The van der Waals surface area contributed by atoms with Crippen LogP contribution in [0, 0.1) is 10.8 Å². The lowest BCUT2D eigenvalue weighted by Gasteiger charge is -2.39. The van der Waals surface area contributed by atoms with Crippen molar-refractivity contribution in [1.82, 2.24) is 9.27 Å². The maximum atomic E-state index is 13.7. The number of aryl methyl sites for hydroxylation is 1. The first-order chi connectivity index (χ1) is 16.3. The van der Waals surface area contributed by atoms with Crippen molar-refractivity contribution in [3.8, 4) is 0 Å². The Kier molecular flexibility index (Phi) is 7.99. The summed E-state index contributed by atoms with van der Waals surface area (Å²) in [6.07, 6.45) is 6.70. The quantitative estimate of drug-likeness (QED) is 0.522. The van der Waals surface area contributed by atoms with Crippen LogP contribution in [0.15, 0.2) is 41.5 Å². The van der Waals surface area contributed by atoms with E-state index in [1.165, 1.54) is 0 Å². The first-order valence-corrected chi connectivity index (χ1v) is 13.5. The van der Waals surface area contributed by atoms with Crippen LogP contribution in [-0.2, 0) is 16.8 Å². The van der Waals surface area contributed by atoms with Crippen molar-refractivity contribution in [2.75, 3.05) is 11.9 Å². The molecule has 35 heavy (non-hydrogen) atoms. The van der Waals surface area contributed by atoms with Crippen molar-refractivity contribution in [1.29, 1.82) is 0 Å². The van der Waals surface area contributed by atoms with E-state index in [2.05, 4.69) is 57.0 Å². The fourth-order valence-electron chi connectivity index (χ4n) is 4.70. The summed E-state index contributed by atoms with van der Waals surface area (Å²) in [5.41, 5.74) is 0.822. The number of aromatic nitrogens is 1. The van der Waals surface area contributed by atoms with Crippen molar-refractivity contribution >= 4 is 29.2 Å². The van der Waals surface area contributed by atoms with Gasteiger partial charge in [-0.1, -0.05) is 52.3 Å². The highest BCUT2D eigenvalue weighted by Crippen LogP contribution is 2.53. The highest BCUT2D eigenvalue weighted by Gasteiger charge is 2.56. The molecule has 1 aliphatic rings. The van der Waals surface area contributed by atoms with Gasteiger partial charge in [-0.2, -0.15) is 0 Å². The zero-order valence-corrected chi connectivity index (χ0v) is 23.5. The minimum absolute atomic E-state index is 0.0564. The number of nitrogens with zero attached hydrogens (tertiary/aromatic N) is 3. The predicted molar refractivity (Wildman–Crippen MR) is 145 cm³/mol. The molecule has 192 valence electrons. The Morgan fingerprint density at radius 3 is 2.46 bits per heavy atom. The zero-order valence-electron chi connectivity index (χ0n) is 22.6. The number of nitrogens with one attached hydrogen (secondary N) is 1. The summed E-state index contributed by atoms with van der Waals surface area (Å²) in [5.74, 6) is -0.0867. The SMILES string of the molecule is CCCCc1cn(C(C)(C)C)sc1=NC(=O)C1(C)CCC(NC(=O)N(C)c2ccccc2)C1(C)C. The van der Waals surface area contributed by atoms with E-state index in [0.29, 0.717) is 6.42 Å². The number of rotatable bonds is 6.